The Morgan fingerprint density at radius 3 is 2.43 bits per heavy atom. The highest BCUT2D eigenvalue weighted by molar-refractivity contribution is 5.75. The number of carbonyl (C=O) groups is 1. The number of likely N-dealkylation sites (N-methyl/N-ethyl adjacent to an activating group) is 1. The normalized spacial score (nSPS) is 19.5. The van der Waals surface area contributed by atoms with E-state index in [9.17, 15) is 26.7 Å². The lowest BCUT2D eigenvalue weighted by Crippen LogP contribution is -2.48. The predicted octanol–water partition coefficient (Wildman–Crippen LogP) is 3.00. The number of amides is 2. The number of hydrogen-bond donors (Lipinski definition) is 1. The Labute approximate surface area is 129 Å². The maximum Gasteiger partial charge on any atom is 0.413 e. The SMILES string of the molecule is CN(C(=O)N[C@H](c1c(F)cccc1F)C(F)(F)F)[C@@H]1CCOC1. The topological polar surface area (TPSA) is 41.6 Å². The molecule has 1 N–H and O–H groups in total. The van der Waals surface area contributed by atoms with Gasteiger partial charge in [0.25, 0.3) is 0 Å². The molecule has 1 aliphatic rings. The molecule has 23 heavy (non-hydrogen) atoms. The number of alkyl halides is 3. The van der Waals surface area contributed by atoms with E-state index < -0.39 is 35.4 Å². The molecule has 2 amide bonds. The molecule has 1 aromatic rings. The van der Waals surface area contributed by atoms with Crippen LogP contribution >= 0.6 is 0 Å². The zero-order chi connectivity index (χ0) is 17.2. The van der Waals surface area contributed by atoms with E-state index in [1.807, 2.05) is 0 Å². The van der Waals surface area contributed by atoms with Crippen molar-refractivity contribution in [2.75, 3.05) is 20.3 Å². The Kier molecular flexibility index (Phi) is 5.08. The summed E-state index contributed by atoms with van der Waals surface area (Å²) in [6.07, 6.45) is -4.57. The van der Waals surface area contributed by atoms with Crippen molar-refractivity contribution in [3.63, 3.8) is 0 Å². The van der Waals surface area contributed by atoms with E-state index in [4.69, 9.17) is 4.74 Å². The first kappa shape index (κ1) is 17.5. The van der Waals surface area contributed by atoms with E-state index >= 15 is 0 Å². The minimum absolute atomic E-state index is 0.203. The van der Waals surface area contributed by atoms with Crippen LogP contribution < -0.4 is 5.32 Å². The molecular formula is C14H15F5N2O2. The largest absolute Gasteiger partial charge is 0.413 e. The van der Waals surface area contributed by atoms with Crippen molar-refractivity contribution >= 4 is 6.03 Å². The summed E-state index contributed by atoms with van der Waals surface area (Å²) >= 11 is 0. The Hall–Kier alpha value is -1.90. The molecule has 0 unspecified atom stereocenters. The molecule has 2 rings (SSSR count). The Morgan fingerprint density at radius 1 is 1.35 bits per heavy atom. The predicted molar refractivity (Wildman–Crippen MR) is 70.7 cm³/mol. The molecule has 4 nitrogen and oxygen atoms in total. The molecule has 1 aromatic carbocycles. The summed E-state index contributed by atoms with van der Waals surface area (Å²) in [7, 11) is 1.31. The van der Waals surface area contributed by atoms with Crippen molar-refractivity contribution in [1.29, 1.82) is 0 Å². The van der Waals surface area contributed by atoms with Crippen LogP contribution in [0.15, 0.2) is 18.2 Å². The highest BCUT2D eigenvalue weighted by atomic mass is 19.4. The van der Waals surface area contributed by atoms with Crippen molar-refractivity contribution in [2.24, 2.45) is 0 Å². The van der Waals surface area contributed by atoms with Crippen LogP contribution in [0.2, 0.25) is 0 Å². The van der Waals surface area contributed by atoms with Crippen LogP contribution in [0.3, 0.4) is 0 Å². The minimum atomic E-state index is -5.05. The second-order valence-electron chi connectivity index (χ2n) is 5.19. The number of rotatable bonds is 3. The maximum atomic E-state index is 13.7. The van der Waals surface area contributed by atoms with Crippen LogP contribution in [0.4, 0.5) is 26.7 Å². The van der Waals surface area contributed by atoms with Crippen molar-refractivity contribution in [1.82, 2.24) is 10.2 Å². The third-order valence-corrected chi connectivity index (χ3v) is 3.66. The van der Waals surface area contributed by atoms with E-state index in [1.54, 1.807) is 5.32 Å². The second-order valence-corrected chi connectivity index (χ2v) is 5.19. The van der Waals surface area contributed by atoms with Crippen molar-refractivity contribution in [3.05, 3.63) is 35.4 Å². The lowest BCUT2D eigenvalue weighted by Gasteiger charge is -2.28. The van der Waals surface area contributed by atoms with Gasteiger partial charge in [0.1, 0.15) is 11.6 Å². The van der Waals surface area contributed by atoms with Gasteiger partial charge in [0.15, 0.2) is 6.04 Å². The van der Waals surface area contributed by atoms with Gasteiger partial charge in [0.05, 0.1) is 18.2 Å². The summed E-state index contributed by atoms with van der Waals surface area (Å²) in [5, 5.41) is 1.66. The number of nitrogens with zero attached hydrogens (tertiary/aromatic N) is 1. The van der Waals surface area contributed by atoms with Crippen molar-refractivity contribution in [3.8, 4) is 0 Å². The third-order valence-electron chi connectivity index (χ3n) is 3.66. The molecule has 0 bridgehead atoms. The van der Waals surface area contributed by atoms with Gasteiger partial charge in [-0.15, -0.1) is 0 Å². The van der Waals surface area contributed by atoms with Crippen LogP contribution in [0, 0.1) is 11.6 Å². The molecule has 2 atom stereocenters. The van der Waals surface area contributed by atoms with Gasteiger partial charge in [0.2, 0.25) is 0 Å². The molecule has 128 valence electrons. The van der Waals surface area contributed by atoms with Gasteiger partial charge in [-0.05, 0) is 18.6 Å². The molecule has 0 spiro atoms. The average molecular weight is 338 g/mol. The molecule has 1 heterocycles. The standard InChI is InChI=1S/C14H15F5N2O2/c1-21(8-5-6-23-7-8)13(22)20-12(14(17,18)19)11-9(15)3-2-4-10(11)16/h2-4,8,12H,5-7H2,1H3,(H,20,22)/t8-,12-/m1/s1. The van der Waals surface area contributed by atoms with Crippen molar-refractivity contribution in [2.45, 2.75) is 24.7 Å². The summed E-state index contributed by atoms with van der Waals surface area (Å²) < 4.78 is 71.9. The highest BCUT2D eigenvalue weighted by Gasteiger charge is 2.45. The number of ether oxygens (including phenoxy) is 1. The van der Waals surface area contributed by atoms with Crippen LogP contribution in [0.1, 0.15) is 18.0 Å². The number of halogens is 5. The number of urea groups is 1. The van der Waals surface area contributed by atoms with Gasteiger partial charge in [-0.25, -0.2) is 13.6 Å². The fourth-order valence-corrected chi connectivity index (χ4v) is 2.32. The molecule has 9 heteroatoms. The summed E-state index contributed by atoms with van der Waals surface area (Å²) in [5.74, 6) is -2.75. The number of carbonyl (C=O) groups excluding carboxylic acids is 1. The zero-order valence-corrected chi connectivity index (χ0v) is 12.2. The minimum Gasteiger partial charge on any atom is -0.379 e. The average Bonchev–Trinajstić information content (AvgIpc) is 2.98. The molecule has 1 aliphatic heterocycles. The quantitative estimate of drug-likeness (QED) is 0.861. The first-order chi connectivity index (χ1) is 10.7. The van der Waals surface area contributed by atoms with Gasteiger partial charge in [0, 0.05) is 13.7 Å². The molecule has 0 saturated carbocycles. The highest BCUT2D eigenvalue weighted by Crippen LogP contribution is 2.35. The van der Waals surface area contributed by atoms with Crippen LogP contribution in [-0.4, -0.2) is 43.4 Å². The number of hydrogen-bond acceptors (Lipinski definition) is 2. The molecular weight excluding hydrogens is 323 g/mol. The smallest absolute Gasteiger partial charge is 0.379 e. The Balaban J connectivity index is 2.24. The molecule has 0 aromatic heterocycles. The fraction of sp³-hybridized carbons (Fsp3) is 0.500. The van der Waals surface area contributed by atoms with Gasteiger partial charge in [-0.1, -0.05) is 6.07 Å². The van der Waals surface area contributed by atoms with E-state index in [-0.39, 0.29) is 12.6 Å². The Bertz CT molecular complexity index is 553. The maximum absolute atomic E-state index is 13.7. The lowest BCUT2D eigenvalue weighted by molar-refractivity contribution is -0.156. The first-order valence-corrected chi connectivity index (χ1v) is 6.83. The molecule has 0 radical (unpaired) electrons. The number of benzene rings is 1. The fourth-order valence-electron chi connectivity index (χ4n) is 2.32. The van der Waals surface area contributed by atoms with Crippen LogP contribution in [0.5, 0.6) is 0 Å². The Morgan fingerprint density at radius 2 is 1.96 bits per heavy atom. The van der Waals surface area contributed by atoms with E-state index in [0.29, 0.717) is 25.2 Å². The van der Waals surface area contributed by atoms with E-state index in [2.05, 4.69) is 0 Å². The van der Waals surface area contributed by atoms with Crippen LogP contribution in [0.25, 0.3) is 0 Å². The molecule has 0 aliphatic carbocycles. The van der Waals surface area contributed by atoms with E-state index in [0.717, 1.165) is 11.0 Å². The van der Waals surface area contributed by atoms with Gasteiger partial charge < -0.3 is 15.0 Å². The lowest BCUT2D eigenvalue weighted by atomic mass is 10.0. The summed E-state index contributed by atoms with van der Waals surface area (Å²) in [4.78, 5) is 13.0. The molecule has 1 fully saturated rings. The monoisotopic (exact) mass is 338 g/mol. The summed E-state index contributed by atoms with van der Waals surface area (Å²) in [6, 6.07) is -1.87. The van der Waals surface area contributed by atoms with Gasteiger partial charge >= 0.3 is 12.2 Å². The third kappa shape index (κ3) is 3.90. The zero-order valence-electron chi connectivity index (χ0n) is 12.2. The van der Waals surface area contributed by atoms with Gasteiger partial charge in [-0.2, -0.15) is 13.2 Å². The van der Waals surface area contributed by atoms with Crippen molar-refractivity contribution < 1.29 is 31.5 Å². The van der Waals surface area contributed by atoms with Gasteiger partial charge in [-0.3, -0.25) is 0 Å². The summed E-state index contributed by atoms with van der Waals surface area (Å²) in [6.45, 7) is 0.599. The summed E-state index contributed by atoms with van der Waals surface area (Å²) in [5.41, 5.74) is -1.23. The number of nitrogens with one attached hydrogen (secondary N) is 1. The van der Waals surface area contributed by atoms with E-state index in [1.165, 1.54) is 7.05 Å². The first-order valence-electron chi connectivity index (χ1n) is 6.83. The molecule has 1 saturated heterocycles. The van der Waals surface area contributed by atoms with Crippen LogP contribution in [-0.2, 0) is 4.74 Å². The second kappa shape index (κ2) is 6.69.